The average Bonchev–Trinajstić information content (AvgIpc) is 3.41. The Labute approximate surface area is 193 Å². The quantitative estimate of drug-likeness (QED) is 0.274. The lowest BCUT2D eigenvalue weighted by Crippen LogP contribution is -2.25. The number of carbonyl (C=O) groups is 1. The summed E-state index contributed by atoms with van der Waals surface area (Å²) in [5, 5.41) is 9.09. The maximum Gasteiger partial charge on any atom is 0.192 e. The zero-order chi connectivity index (χ0) is 23.0. The van der Waals surface area contributed by atoms with Crippen molar-refractivity contribution in [2.24, 2.45) is 0 Å². The van der Waals surface area contributed by atoms with Gasteiger partial charge in [0.15, 0.2) is 16.8 Å². The number of hydrogen-bond acceptors (Lipinski definition) is 6. The molecule has 32 heavy (non-hydrogen) atoms. The van der Waals surface area contributed by atoms with E-state index in [0.29, 0.717) is 17.5 Å². The fourth-order valence-electron chi connectivity index (χ4n) is 4.21. The van der Waals surface area contributed by atoms with Gasteiger partial charge in [0.1, 0.15) is 5.76 Å². The highest BCUT2D eigenvalue weighted by Crippen LogP contribution is 2.46. The maximum absolute atomic E-state index is 13.2. The number of carbonyl (C=O) groups excluding carboxylic acids is 1. The van der Waals surface area contributed by atoms with Crippen LogP contribution in [0.3, 0.4) is 0 Å². The van der Waals surface area contributed by atoms with E-state index in [2.05, 4.69) is 47.7 Å². The molecule has 7 heteroatoms. The number of ketones is 1. The maximum atomic E-state index is 13.2. The predicted molar refractivity (Wildman–Crippen MR) is 129 cm³/mol. The molecule has 166 valence electrons. The minimum atomic E-state index is -0.318. The standard InChI is InChI=1S/C25H28N4O2S/c1-7-13-29-23(18-12-14-31-16(18)2)26-27-24(29)32-17(3)21(30)15-22-25(4,5)19-10-8-9-11-20(19)28(22)6/h7-12,14-15,17H,1,13H2,2-6H3/b22-15+. The van der Waals surface area contributed by atoms with Crippen LogP contribution in [0.4, 0.5) is 5.69 Å². The summed E-state index contributed by atoms with van der Waals surface area (Å²) in [6.07, 6.45) is 5.22. The van der Waals surface area contributed by atoms with Crippen molar-refractivity contribution in [3.8, 4) is 11.4 Å². The third-order valence-electron chi connectivity index (χ3n) is 6.03. The van der Waals surface area contributed by atoms with E-state index in [1.165, 1.54) is 17.3 Å². The Morgan fingerprint density at radius 3 is 2.69 bits per heavy atom. The van der Waals surface area contributed by atoms with Gasteiger partial charge in [0, 0.05) is 36.5 Å². The number of likely N-dealkylation sites (N-methyl/N-ethyl adjacent to an activating group) is 1. The second kappa shape index (κ2) is 8.47. The topological polar surface area (TPSA) is 64.2 Å². The molecule has 0 N–H and O–H groups in total. The third-order valence-corrected chi connectivity index (χ3v) is 7.13. The number of benzene rings is 1. The normalized spacial score (nSPS) is 16.9. The second-order valence-electron chi connectivity index (χ2n) is 8.49. The summed E-state index contributed by atoms with van der Waals surface area (Å²) in [6, 6.07) is 10.2. The summed E-state index contributed by atoms with van der Waals surface area (Å²) in [6.45, 7) is 12.5. The number of aromatic nitrogens is 3. The van der Waals surface area contributed by atoms with Crippen LogP contribution in [0.25, 0.3) is 11.4 Å². The third kappa shape index (κ3) is 3.71. The Kier molecular flexibility index (Phi) is 5.86. The van der Waals surface area contributed by atoms with Crippen molar-refractivity contribution >= 4 is 23.2 Å². The van der Waals surface area contributed by atoms with E-state index >= 15 is 0 Å². The van der Waals surface area contributed by atoms with E-state index in [0.717, 1.165) is 22.7 Å². The van der Waals surface area contributed by atoms with Crippen LogP contribution < -0.4 is 4.90 Å². The summed E-state index contributed by atoms with van der Waals surface area (Å²) in [4.78, 5) is 15.3. The van der Waals surface area contributed by atoms with E-state index < -0.39 is 0 Å². The fourth-order valence-corrected chi connectivity index (χ4v) is 5.09. The molecule has 1 aliphatic rings. The van der Waals surface area contributed by atoms with Crippen LogP contribution in [0.2, 0.25) is 0 Å². The van der Waals surface area contributed by atoms with Crippen LogP contribution >= 0.6 is 11.8 Å². The molecule has 0 spiro atoms. The smallest absolute Gasteiger partial charge is 0.192 e. The Morgan fingerprint density at radius 2 is 2.03 bits per heavy atom. The van der Waals surface area contributed by atoms with Crippen molar-refractivity contribution in [2.45, 2.75) is 50.1 Å². The summed E-state index contributed by atoms with van der Waals surface area (Å²) >= 11 is 1.41. The molecule has 3 heterocycles. The molecule has 1 aromatic carbocycles. The Bertz CT molecular complexity index is 1200. The number of hydrogen-bond donors (Lipinski definition) is 0. The molecular formula is C25H28N4O2S. The molecule has 1 aliphatic heterocycles. The van der Waals surface area contributed by atoms with Crippen LogP contribution in [0.5, 0.6) is 0 Å². The van der Waals surface area contributed by atoms with E-state index in [-0.39, 0.29) is 16.4 Å². The van der Waals surface area contributed by atoms with Crippen LogP contribution in [0.1, 0.15) is 32.1 Å². The van der Waals surface area contributed by atoms with Gasteiger partial charge in [0.2, 0.25) is 0 Å². The molecular weight excluding hydrogens is 420 g/mol. The lowest BCUT2D eigenvalue weighted by Gasteiger charge is -2.24. The lowest BCUT2D eigenvalue weighted by atomic mass is 9.83. The highest BCUT2D eigenvalue weighted by molar-refractivity contribution is 8.00. The van der Waals surface area contributed by atoms with Crippen molar-refractivity contribution in [2.75, 3.05) is 11.9 Å². The van der Waals surface area contributed by atoms with Gasteiger partial charge in [-0.3, -0.25) is 9.36 Å². The molecule has 0 saturated heterocycles. The predicted octanol–water partition coefficient (Wildman–Crippen LogP) is 5.39. The summed E-state index contributed by atoms with van der Waals surface area (Å²) in [5.41, 5.74) is 4.02. The molecule has 1 unspecified atom stereocenters. The number of fused-ring (bicyclic) bond motifs is 1. The second-order valence-corrected chi connectivity index (χ2v) is 9.80. The summed E-state index contributed by atoms with van der Waals surface area (Å²) in [5.74, 6) is 1.54. The Morgan fingerprint density at radius 1 is 1.28 bits per heavy atom. The van der Waals surface area contributed by atoms with Crippen LogP contribution in [0, 0.1) is 6.92 Å². The number of furan rings is 1. The van der Waals surface area contributed by atoms with Gasteiger partial charge in [-0.15, -0.1) is 16.8 Å². The largest absolute Gasteiger partial charge is 0.469 e. The number of rotatable bonds is 7. The number of para-hydroxylation sites is 1. The van der Waals surface area contributed by atoms with Gasteiger partial charge in [0.25, 0.3) is 0 Å². The first-order valence-electron chi connectivity index (χ1n) is 10.6. The first-order valence-corrected chi connectivity index (χ1v) is 11.5. The van der Waals surface area contributed by atoms with Crippen molar-refractivity contribution in [1.29, 1.82) is 0 Å². The average molecular weight is 449 g/mol. The number of thioether (sulfide) groups is 1. The number of allylic oxidation sites excluding steroid dienone is 3. The Balaban J connectivity index is 1.60. The van der Waals surface area contributed by atoms with Crippen LogP contribution in [0.15, 0.2) is 70.6 Å². The molecule has 0 saturated carbocycles. The molecule has 0 bridgehead atoms. The first-order chi connectivity index (χ1) is 15.3. The van der Waals surface area contributed by atoms with E-state index in [1.54, 1.807) is 18.4 Å². The van der Waals surface area contributed by atoms with Gasteiger partial charge >= 0.3 is 0 Å². The van der Waals surface area contributed by atoms with Crippen molar-refractivity contribution in [3.63, 3.8) is 0 Å². The van der Waals surface area contributed by atoms with Crippen LogP contribution in [-0.2, 0) is 16.8 Å². The molecule has 3 aromatic rings. The summed E-state index contributed by atoms with van der Waals surface area (Å²) < 4.78 is 7.40. The van der Waals surface area contributed by atoms with E-state index in [4.69, 9.17) is 4.42 Å². The van der Waals surface area contributed by atoms with Gasteiger partial charge < -0.3 is 9.32 Å². The zero-order valence-corrected chi connectivity index (χ0v) is 19.9. The highest BCUT2D eigenvalue weighted by Gasteiger charge is 2.38. The molecule has 0 aliphatic carbocycles. The minimum Gasteiger partial charge on any atom is -0.469 e. The van der Waals surface area contributed by atoms with Crippen molar-refractivity contribution in [1.82, 2.24) is 14.8 Å². The molecule has 0 radical (unpaired) electrons. The molecule has 1 atom stereocenters. The van der Waals surface area contributed by atoms with E-state index in [9.17, 15) is 4.79 Å². The highest BCUT2D eigenvalue weighted by atomic mass is 32.2. The lowest BCUT2D eigenvalue weighted by molar-refractivity contribution is -0.114. The number of aryl methyl sites for hydroxylation is 1. The monoisotopic (exact) mass is 448 g/mol. The van der Waals surface area contributed by atoms with Crippen molar-refractivity contribution < 1.29 is 9.21 Å². The minimum absolute atomic E-state index is 0.0481. The first kappa shape index (κ1) is 22.1. The zero-order valence-electron chi connectivity index (χ0n) is 19.1. The SMILES string of the molecule is C=CCn1c(SC(C)C(=O)/C=C2/N(C)c3ccccc3C2(C)C)nnc1-c1ccoc1C. The van der Waals surface area contributed by atoms with Gasteiger partial charge in [-0.2, -0.15) is 0 Å². The number of nitrogens with zero attached hydrogens (tertiary/aromatic N) is 4. The van der Waals surface area contributed by atoms with Gasteiger partial charge in [-0.25, -0.2) is 0 Å². The van der Waals surface area contributed by atoms with Crippen molar-refractivity contribution in [3.05, 3.63) is 72.3 Å². The molecule has 0 amide bonds. The summed E-state index contributed by atoms with van der Waals surface area (Å²) in [7, 11) is 2.02. The van der Waals surface area contributed by atoms with E-state index in [1.807, 2.05) is 43.7 Å². The van der Waals surface area contributed by atoms with Gasteiger partial charge in [-0.1, -0.05) is 49.9 Å². The number of anilines is 1. The molecule has 6 nitrogen and oxygen atoms in total. The van der Waals surface area contributed by atoms with Gasteiger partial charge in [-0.05, 0) is 31.5 Å². The molecule has 0 fully saturated rings. The molecule has 2 aromatic heterocycles. The van der Waals surface area contributed by atoms with Gasteiger partial charge in [0.05, 0.1) is 17.1 Å². The van der Waals surface area contributed by atoms with Crippen LogP contribution in [-0.4, -0.2) is 32.8 Å². The molecule has 4 rings (SSSR count). The fraction of sp³-hybridized carbons (Fsp3) is 0.320. The Hall–Kier alpha value is -3.06.